The molecule has 0 saturated carbocycles. The number of aromatic nitrogens is 4. The van der Waals surface area contributed by atoms with Gasteiger partial charge in [-0.1, -0.05) is 35.3 Å². The van der Waals surface area contributed by atoms with Gasteiger partial charge in [0.15, 0.2) is 11.5 Å². The first-order valence-electron chi connectivity index (χ1n) is 8.03. The SMILES string of the molecule is O=C(NNc1ncnc2c1cnn2-c1ccc(Cl)c(Cl)c1)c1ccccc1O. The van der Waals surface area contributed by atoms with E-state index in [4.69, 9.17) is 23.2 Å². The Bertz CT molecular complexity index is 1190. The van der Waals surface area contributed by atoms with Crippen molar-refractivity contribution in [2.24, 2.45) is 0 Å². The topological polar surface area (TPSA) is 105 Å². The van der Waals surface area contributed by atoms with E-state index >= 15 is 0 Å². The third-order valence-corrected chi connectivity index (χ3v) is 4.70. The number of anilines is 1. The van der Waals surface area contributed by atoms with E-state index in [1.807, 2.05) is 0 Å². The van der Waals surface area contributed by atoms with Gasteiger partial charge in [-0.15, -0.1) is 0 Å². The molecule has 28 heavy (non-hydrogen) atoms. The third kappa shape index (κ3) is 3.30. The third-order valence-electron chi connectivity index (χ3n) is 3.96. The van der Waals surface area contributed by atoms with Gasteiger partial charge in [0, 0.05) is 0 Å². The second-order valence-corrected chi connectivity index (χ2v) is 6.53. The molecule has 0 saturated heterocycles. The molecule has 0 unspecified atom stereocenters. The van der Waals surface area contributed by atoms with Crippen molar-refractivity contribution in [3.8, 4) is 11.4 Å². The van der Waals surface area contributed by atoms with Crippen LogP contribution in [0.2, 0.25) is 10.0 Å². The number of hydrazine groups is 1. The molecule has 0 aliphatic heterocycles. The van der Waals surface area contributed by atoms with Crippen LogP contribution in [0.25, 0.3) is 16.7 Å². The molecule has 3 N–H and O–H groups in total. The molecule has 2 aromatic heterocycles. The maximum Gasteiger partial charge on any atom is 0.273 e. The maximum absolute atomic E-state index is 12.2. The van der Waals surface area contributed by atoms with Crippen LogP contribution >= 0.6 is 23.2 Å². The van der Waals surface area contributed by atoms with E-state index in [0.717, 1.165) is 0 Å². The molecule has 8 nitrogen and oxygen atoms in total. The Labute approximate surface area is 168 Å². The minimum absolute atomic E-state index is 0.123. The Morgan fingerprint density at radius 2 is 1.89 bits per heavy atom. The van der Waals surface area contributed by atoms with Crippen molar-refractivity contribution in [2.45, 2.75) is 0 Å². The molecule has 4 rings (SSSR count). The standard InChI is InChI=1S/C18H12Cl2N6O2/c19-13-6-5-10(7-14(13)20)26-17-12(8-23-26)16(21-9-22-17)24-25-18(28)11-3-1-2-4-15(11)27/h1-9,27H,(H,25,28)(H,21,22,24). The van der Waals surface area contributed by atoms with Crippen molar-refractivity contribution in [1.29, 1.82) is 0 Å². The van der Waals surface area contributed by atoms with Gasteiger partial charge in [-0.2, -0.15) is 5.10 Å². The Hall–Kier alpha value is -3.36. The predicted molar refractivity (Wildman–Crippen MR) is 106 cm³/mol. The summed E-state index contributed by atoms with van der Waals surface area (Å²) in [5, 5.41) is 15.5. The second-order valence-electron chi connectivity index (χ2n) is 5.71. The number of phenols is 1. The summed E-state index contributed by atoms with van der Waals surface area (Å²) in [7, 11) is 0. The molecule has 10 heteroatoms. The maximum atomic E-state index is 12.2. The number of para-hydroxylation sites is 1. The summed E-state index contributed by atoms with van der Waals surface area (Å²) in [5.74, 6) is -0.288. The lowest BCUT2D eigenvalue weighted by Crippen LogP contribution is -2.30. The van der Waals surface area contributed by atoms with Gasteiger partial charge in [-0.25, -0.2) is 14.6 Å². The van der Waals surface area contributed by atoms with Gasteiger partial charge in [0.1, 0.15) is 12.1 Å². The highest BCUT2D eigenvalue weighted by molar-refractivity contribution is 6.42. The van der Waals surface area contributed by atoms with E-state index in [2.05, 4.69) is 25.9 Å². The molecule has 2 heterocycles. The molecule has 140 valence electrons. The first kappa shape index (κ1) is 18.0. The molecule has 0 fully saturated rings. The minimum Gasteiger partial charge on any atom is -0.507 e. The van der Waals surface area contributed by atoms with Gasteiger partial charge in [-0.05, 0) is 30.3 Å². The highest BCUT2D eigenvalue weighted by Gasteiger charge is 2.14. The van der Waals surface area contributed by atoms with Gasteiger partial charge in [0.2, 0.25) is 0 Å². The zero-order valence-corrected chi connectivity index (χ0v) is 15.6. The van der Waals surface area contributed by atoms with Gasteiger partial charge in [0.25, 0.3) is 5.91 Å². The fourth-order valence-electron chi connectivity index (χ4n) is 2.60. The quantitative estimate of drug-likeness (QED) is 0.440. The van der Waals surface area contributed by atoms with Crippen LogP contribution in [0.5, 0.6) is 5.75 Å². The Balaban J connectivity index is 1.62. The van der Waals surface area contributed by atoms with Crippen molar-refractivity contribution < 1.29 is 9.90 Å². The number of nitrogens with zero attached hydrogens (tertiary/aromatic N) is 4. The first-order valence-corrected chi connectivity index (χ1v) is 8.78. The lowest BCUT2D eigenvalue weighted by atomic mass is 10.2. The van der Waals surface area contributed by atoms with Gasteiger partial charge >= 0.3 is 0 Å². The molecule has 4 aromatic rings. The van der Waals surface area contributed by atoms with E-state index in [1.54, 1.807) is 41.2 Å². The molecule has 2 aromatic carbocycles. The molecule has 0 aliphatic rings. The number of amides is 1. The normalized spacial score (nSPS) is 10.8. The number of nitrogens with one attached hydrogen (secondary N) is 2. The van der Waals surface area contributed by atoms with Gasteiger partial charge < -0.3 is 5.11 Å². The lowest BCUT2D eigenvalue weighted by molar-refractivity contribution is 0.0960. The molecular weight excluding hydrogens is 403 g/mol. The van der Waals surface area contributed by atoms with Crippen LogP contribution in [0.4, 0.5) is 5.82 Å². The van der Waals surface area contributed by atoms with E-state index in [0.29, 0.717) is 32.6 Å². The largest absolute Gasteiger partial charge is 0.507 e. The molecule has 0 spiro atoms. The van der Waals surface area contributed by atoms with E-state index in [9.17, 15) is 9.90 Å². The fourth-order valence-corrected chi connectivity index (χ4v) is 2.89. The van der Waals surface area contributed by atoms with Crippen molar-refractivity contribution in [3.63, 3.8) is 0 Å². The number of carbonyl (C=O) groups is 1. The number of phenolic OH excluding ortho intramolecular Hbond substituents is 1. The van der Waals surface area contributed by atoms with Crippen molar-refractivity contribution >= 4 is 46.0 Å². The summed E-state index contributed by atoms with van der Waals surface area (Å²) in [6.45, 7) is 0. The molecular formula is C18H12Cl2N6O2. The van der Waals surface area contributed by atoms with Gasteiger partial charge in [0.05, 0.1) is 32.9 Å². The number of fused-ring (bicyclic) bond motifs is 1. The summed E-state index contributed by atoms with van der Waals surface area (Å²) in [6.07, 6.45) is 2.90. The lowest BCUT2D eigenvalue weighted by Gasteiger charge is -2.09. The minimum atomic E-state index is -0.512. The van der Waals surface area contributed by atoms with Crippen LogP contribution in [-0.2, 0) is 0 Å². The number of aromatic hydroxyl groups is 1. The van der Waals surface area contributed by atoms with Crippen LogP contribution in [0, 0.1) is 0 Å². The fraction of sp³-hybridized carbons (Fsp3) is 0. The molecule has 0 aliphatic carbocycles. The van der Waals surface area contributed by atoms with E-state index in [-0.39, 0.29) is 11.3 Å². The summed E-state index contributed by atoms with van der Waals surface area (Å²) < 4.78 is 1.58. The zero-order valence-electron chi connectivity index (χ0n) is 14.1. The van der Waals surface area contributed by atoms with Crippen molar-refractivity contribution in [2.75, 3.05) is 5.43 Å². The molecule has 0 radical (unpaired) electrons. The second kappa shape index (κ2) is 7.34. The van der Waals surface area contributed by atoms with Crippen LogP contribution in [0.3, 0.4) is 0 Å². The number of rotatable bonds is 4. The highest BCUT2D eigenvalue weighted by Crippen LogP contribution is 2.27. The Morgan fingerprint density at radius 3 is 2.68 bits per heavy atom. The summed E-state index contributed by atoms with van der Waals surface area (Å²) in [6, 6.07) is 11.3. The number of hydrogen-bond acceptors (Lipinski definition) is 6. The predicted octanol–water partition coefficient (Wildman–Crippen LogP) is 3.58. The summed E-state index contributed by atoms with van der Waals surface area (Å²) in [5.41, 5.74) is 6.55. The molecule has 0 atom stereocenters. The number of benzene rings is 2. The smallest absolute Gasteiger partial charge is 0.273 e. The molecule has 0 bridgehead atoms. The zero-order chi connectivity index (χ0) is 19.7. The van der Waals surface area contributed by atoms with Crippen molar-refractivity contribution in [3.05, 3.63) is 70.6 Å². The summed E-state index contributed by atoms with van der Waals surface area (Å²) in [4.78, 5) is 20.6. The average Bonchev–Trinajstić information content (AvgIpc) is 3.13. The summed E-state index contributed by atoms with van der Waals surface area (Å²) >= 11 is 12.0. The molecule has 1 amide bonds. The van der Waals surface area contributed by atoms with Crippen LogP contribution in [-0.4, -0.2) is 30.8 Å². The average molecular weight is 415 g/mol. The van der Waals surface area contributed by atoms with Crippen LogP contribution in [0.1, 0.15) is 10.4 Å². The first-order chi connectivity index (χ1) is 13.5. The number of hydrogen-bond donors (Lipinski definition) is 3. The van der Waals surface area contributed by atoms with E-state index in [1.165, 1.54) is 18.5 Å². The monoisotopic (exact) mass is 414 g/mol. The van der Waals surface area contributed by atoms with Gasteiger partial charge in [-0.3, -0.25) is 15.6 Å². The van der Waals surface area contributed by atoms with Crippen molar-refractivity contribution in [1.82, 2.24) is 25.2 Å². The number of carbonyl (C=O) groups excluding carboxylic acids is 1. The van der Waals surface area contributed by atoms with Crippen LogP contribution < -0.4 is 10.9 Å². The number of halogens is 2. The Kier molecular flexibility index (Phi) is 4.72. The van der Waals surface area contributed by atoms with Crippen LogP contribution in [0.15, 0.2) is 55.0 Å². The highest BCUT2D eigenvalue weighted by atomic mass is 35.5. The van der Waals surface area contributed by atoms with E-state index < -0.39 is 5.91 Å². The Morgan fingerprint density at radius 1 is 1.07 bits per heavy atom.